The summed E-state index contributed by atoms with van der Waals surface area (Å²) in [6.07, 6.45) is 1.04. The molecule has 1 aromatic carbocycles. The molecule has 2 aliphatic carbocycles. The Labute approximate surface area is 166 Å². The molecule has 5 heteroatoms. The summed E-state index contributed by atoms with van der Waals surface area (Å²) >= 11 is 0. The standard InChI is InChI=1S/C16H20N4.C6H4.ClH/c1-10-11(2)18-16(17)19-15(10)20-9-8-13-6-4-5-7-14(13)12(20)3;1-2-6-4-3-5(1)6;/h4-7,12H,8-9H2,1-3H3,(H2,17,18,19);1-4H;1H. The molecule has 0 bridgehead atoms. The molecule has 5 rings (SSSR count). The fourth-order valence-corrected chi connectivity index (χ4v) is 3.64. The average Bonchev–Trinajstić information content (AvgIpc) is 2.62. The number of benzene rings is 2. The van der Waals surface area contributed by atoms with Crippen molar-refractivity contribution in [1.29, 1.82) is 0 Å². The van der Waals surface area contributed by atoms with Gasteiger partial charge in [0.25, 0.3) is 0 Å². The summed E-state index contributed by atoms with van der Waals surface area (Å²) in [5, 5.41) is 0. The molecule has 0 saturated heterocycles. The molecule has 2 heterocycles. The van der Waals surface area contributed by atoms with E-state index in [2.05, 4.69) is 77.2 Å². The zero-order valence-electron chi connectivity index (χ0n) is 15.9. The highest BCUT2D eigenvalue weighted by atomic mass is 35.5. The van der Waals surface area contributed by atoms with Crippen molar-refractivity contribution < 1.29 is 0 Å². The molecule has 1 aromatic heterocycles. The third-order valence-electron chi connectivity index (χ3n) is 5.47. The molecule has 1 aliphatic heterocycles. The third-order valence-corrected chi connectivity index (χ3v) is 5.47. The molecule has 1 atom stereocenters. The number of nitrogens with two attached hydrogens (primary N) is 1. The van der Waals surface area contributed by atoms with Crippen LogP contribution in [-0.2, 0) is 6.42 Å². The van der Waals surface area contributed by atoms with Gasteiger partial charge in [-0.2, -0.15) is 4.98 Å². The van der Waals surface area contributed by atoms with Gasteiger partial charge in [-0.05, 0) is 49.4 Å². The van der Waals surface area contributed by atoms with E-state index in [9.17, 15) is 0 Å². The Bertz CT molecular complexity index is 932. The van der Waals surface area contributed by atoms with Gasteiger partial charge in [0.05, 0.1) is 6.04 Å². The first-order valence-electron chi connectivity index (χ1n) is 9.10. The Hall–Kier alpha value is -2.59. The summed E-state index contributed by atoms with van der Waals surface area (Å²) in [6.45, 7) is 7.25. The Morgan fingerprint density at radius 3 is 2.19 bits per heavy atom. The molecule has 0 fully saturated rings. The highest BCUT2D eigenvalue weighted by Crippen LogP contribution is 2.34. The first kappa shape index (κ1) is 19.2. The molecule has 3 aliphatic rings. The molecule has 140 valence electrons. The number of rotatable bonds is 1. The Kier molecular flexibility index (Phi) is 5.38. The lowest BCUT2D eigenvalue weighted by atomic mass is 9.93. The van der Waals surface area contributed by atoms with Crippen LogP contribution in [0.25, 0.3) is 11.1 Å². The number of hydrogen-bond donors (Lipinski definition) is 1. The van der Waals surface area contributed by atoms with Gasteiger partial charge < -0.3 is 10.6 Å². The van der Waals surface area contributed by atoms with E-state index in [0.717, 1.165) is 30.0 Å². The Morgan fingerprint density at radius 1 is 0.963 bits per heavy atom. The fraction of sp³-hybridized carbons (Fsp3) is 0.273. The quantitative estimate of drug-likeness (QED) is 0.511. The molecule has 2 N–H and O–H groups in total. The van der Waals surface area contributed by atoms with Crippen molar-refractivity contribution in [3.63, 3.8) is 0 Å². The monoisotopic (exact) mass is 380 g/mol. The molecule has 4 nitrogen and oxygen atoms in total. The smallest absolute Gasteiger partial charge is 0.222 e. The van der Waals surface area contributed by atoms with Crippen LogP contribution in [0, 0.1) is 13.8 Å². The minimum absolute atomic E-state index is 0. The molecular weight excluding hydrogens is 356 g/mol. The summed E-state index contributed by atoms with van der Waals surface area (Å²) in [5.41, 5.74) is 13.6. The van der Waals surface area contributed by atoms with E-state index in [4.69, 9.17) is 5.73 Å². The van der Waals surface area contributed by atoms with Gasteiger partial charge >= 0.3 is 0 Å². The van der Waals surface area contributed by atoms with Crippen molar-refractivity contribution in [3.05, 3.63) is 70.9 Å². The highest BCUT2D eigenvalue weighted by Gasteiger charge is 2.26. The minimum atomic E-state index is 0. The molecule has 2 aromatic rings. The molecule has 0 spiro atoms. The molecule has 1 unspecified atom stereocenters. The van der Waals surface area contributed by atoms with Gasteiger partial charge in [-0.3, -0.25) is 0 Å². The second-order valence-electron chi connectivity index (χ2n) is 7.01. The maximum absolute atomic E-state index is 5.83. The maximum atomic E-state index is 5.83. The predicted molar refractivity (Wildman–Crippen MR) is 115 cm³/mol. The number of hydrogen-bond acceptors (Lipinski definition) is 4. The Morgan fingerprint density at radius 2 is 1.59 bits per heavy atom. The molecule has 27 heavy (non-hydrogen) atoms. The fourth-order valence-electron chi connectivity index (χ4n) is 3.64. The van der Waals surface area contributed by atoms with E-state index in [-0.39, 0.29) is 12.4 Å². The molecule has 0 radical (unpaired) electrons. The lowest BCUT2D eigenvalue weighted by Gasteiger charge is -2.37. The summed E-state index contributed by atoms with van der Waals surface area (Å²) in [5.74, 6) is 1.33. The average molecular weight is 381 g/mol. The third kappa shape index (κ3) is 3.50. The number of fused-ring (bicyclic) bond motifs is 2. The topological polar surface area (TPSA) is 55.0 Å². The van der Waals surface area contributed by atoms with Gasteiger partial charge in [0.2, 0.25) is 5.95 Å². The van der Waals surface area contributed by atoms with Crippen LogP contribution in [-0.4, -0.2) is 16.5 Å². The maximum Gasteiger partial charge on any atom is 0.222 e. The van der Waals surface area contributed by atoms with Gasteiger partial charge in [-0.25, -0.2) is 4.98 Å². The van der Waals surface area contributed by atoms with E-state index in [0.29, 0.717) is 12.0 Å². The van der Waals surface area contributed by atoms with E-state index >= 15 is 0 Å². The number of nitrogens with zero attached hydrogens (tertiary/aromatic N) is 3. The normalized spacial score (nSPS) is 15.8. The van der Waals surface area contributed by atoms with E-state index < -0.39 is 0 Å². The predicted octanol–water partition coefficient (Wildman–Crippen LogP) is 4.89. The van der Waals surface area contributed by atoms with Crippen LogP contribution in [0.15, 0.2) is 48.5 Å². The van der Waals surface area contributed by atoms with Crippen LogP contribution in [0.3, 0.4) is 0 Å². The van der Waals surface area contributed by atoms with Crippen LogP contribution in [0.1, 0.15) is 35.3 Å². The largest absolute Gasteiger partial charge is 0.368 e. The van der Waals surface area contributed by atoms with Gasteiger partial charge in [0, 0.05) is 17.8 Å². The summed E-state index contributed by atoms with van der Waals surface area (Å²) < 4.78 is 0. The second kappa shape index (κ2) is 7.57. The molecule has 0 saturated carbocycles. The van der Waals surface area contributed by atoms with Crippen LogP contribution in [0.5, 0.6) is 0 Å². The van der Waals surface area contributed by atoms with Crippen molar-refractivity contribution in [2.45, 2.75) is 33.2 Å². The van der Waals surface area contributed by atoms with Crippen molar-refractivity contribution in [1.82, 2.24) is 9.97 Å². The van der Waals surface area contributed by atoms with E-state index in [1.165, 1.54) is 22.3 Å². The van der Waals surface area contributed by atoms with Crippen LogP contribution < -0.4 is 10.6 Å². The van der Waals surface area contributed by atoms with Crippen LogP contribution in [0.4, 0.5) is 11.8 Å². The second-order valence-corrected chi connectivity index (χ2v) is 7.01. The summed E-state index contributed by atoms with van der Waals surface area (Å²) in [4.78, 5) is 11.0. The molecular formula is C22H25ClN4. The summed E-state index contributed by atoms with van der Waals surface area (Å²) in [6, 6.07) is 17.4. The minimum Gasteiger partial charge on any atom is -0.368 e. The van der Waals surface area contributed by atoms with Crippen molar-refractivity contribution in [2.75, 3.05) is 17.2 Å². The zero-order chi connectivity index (χ0) is 18.3. The first-order chi connectivity index (χ1) is 12.5. The van der Waals surface area contributed by atoms with Gasteiger partial charge in [-0.15, -0.1) is 12.4 Å². The number of nitrogen functional groups attached to an aromatic ring is 1. The molecule has 0 amide bonds. The van der Waals surface area contributed by atoms with Crippen molar-refractivity contribution >= 4 is 24.2 Å². The highest BCUT2D eigenvalue weighted by molar-refractivity contribution is 5.85. The van der Waals surface area contributed by atoms with Crippen LogP contribution >= 0.6 is 12.4 Å². The number of anilines is 2. The van der Waals surface area contributed by atoms with E-state index in [1.54, 1.807) is 0 Å². The van der Waals surface area contributed by atoms with Crippen molar-refractivity contribution in [3.8, 4) is 11.1 Å². The summed E-state index contributed by atoms with van der Waals surface area (Å²) in [7, 11) is 0. The Balaban J connectivity index is 0.000000252. The van der Waals surface area contributed by atoms with Gasteiger partial charge in [0.15, 0.2) is 0 Å². The van der Waals surface area contributed by atoms with E-state index in [1.807, 2.05) is 6.92 Å². The first-order valence-corrected chi connectivity index (χ1v) is 9.10. The van der Waals surface area contributed by atoms with Crippen molar-refractivity contribution in [2.24, 2.45) is 0 Å². The van der Waals surface area contributed by atoms with Crippen LogP contribution in [0.2, 0.25) is 0 Å². The zero-order valence-corrected chi connectivity index (χ0v) is 16.8. The SMILES string of the molecule is Cc1nc(N)nc(N2CCc3ccccc3C2C)c1C.Cl.c1cc2ccc1-2. The number of aromatic nitrogens is 2. The lowest BCUT2D eigenvalue weighted by molar-refractivity contribution is 0.614. The van der Waals surface area contributed by atoms with Gasteiger partial charge in [-0.1, -0.05) is 48.5 Å². The lowest BCUT2D eigenvalue weighted by Crippen LogP contribution is -2.35. The number of halogens is 1. The number of aryl methyl sites for hydroxylation is 1. The van der Waals surface area contributed by atoms with Gasteiger partial charge in [0.1, 0.15) is 5.82 Å².